The third kappa shape index (κ3) is 6.20. The molecule has 2 N–H and O–H groups in total. The van der Waals surface area contributed by atoms with Gasteiger partial charge in [-0.25, -0.2) is 4.79 Å². The lowest BCUT2D eigenvalue weighted by molar-refractivity contribution is -0.438. The highest BCUT2D eigenvalue weighted by Crippen LogP contribution is 2.49. The van der Waals surface area contributed by atoms with Crippen LogP contribution in [-0.4, -0.2) is 75.8 Å². The highest BCUT2D eigenvalue weighted by molar-refractivity contribution is 7.85. The Kier molecular flexibility index (Phi) is 8.94. The highest BCUT2D eigenvalue weighted by atomic mass is 32.2. The van der Waals surface area contributed by atoms with E-state index in [0.717, 1.165) is 33.9 Å². The average molecular weight is 703 g/mol. The summed E-state index contributed by atoms with van der Waals surface area (Å²) in [4.78, 5) is 57.0. The predicted molar refractivity (Wildman–Crippen MR) is 184 cm³/mol. The number of benzene rings is 2. The van der Waals surface area contributed by atoms with Gasteiger partial charge in [-0.3, -0.25) is 18.9 Å². The lowest BCUT2D eigenvalue weighted by atomic mass is 9.77. The van der Waals surface area contributed by atoms with Crippen LogP contribution in [0.5, 0.6) is 0 Å². The van der Waals surface area contributed by atoms with Crippen LogP contribution in [-0.2, 0) is 45.0 Å². The molecule has 1 saturated heterocycles. The van der Waals surface area contributed by atoms with Gasteiger partial charge in [0.2, 0.25) is 11.5 Å². The van der Waals surface area contributed by atoms with Gasteiger partial charge in [-0.2, -0.15) is 13.0 Å². The van der Waals surface area contributed by atoms with Gasteiger partial charge in [0.15, 0.2) is 5.71 Å². The van der Waals surface area contributed by atoms with Crippen LogP contribution in [0.25, 0.3) is 0 Å². The van der Waals surface area contributed by atoms with Crippen molar-refractivity contribution in [2.45, 2.75) is 70.6 Å². The molecule has 3 heterocycles. The fourth-order valence-electron chi connectivity index (χ4n) is 7.26. The maximum atomic E-state index is 13.8. The standard InChI is InChI=1S/C37H39N3O9S/c1-36(2)25-11-5-7-13-27(25)38(18-9-15-33(43)49-40-31(41)16-17-32(40)42)29(36)21-23-34(44)24(35(23)45)22-30-37(3,4)26-12-6-8-14-28(26)39(30)19-10-20-50(46,47)48/h5-8,11-14,21-22H,9-10,15-20H2,1-4H3,(H-,44,45,46,47,48)/p+1. The number of hydroxylamine groups is 2. The largest absolute Gasteiger partial charge is 0.506 e. The van der Waals surface area contributed by atoms with E-state index < -0.39 is 44.5 Å². The molecular weight excluding hydrogens is 662 g/mol. The first-order chi connectivity index (χ1) is 23.5. The minimum atomic E-state index is -4.16. The van der Waals surface area contributed by atoms with Crippen LogP contribution in [0.15, 0.2) is 83.3 Å². The molecule has 12 nitrogen and oxygen atoms in total. The molecule has 1 aliphatic carbocycles. The van der Waals surface area contributed by atoms with Crippen molar-refractivity contribution < 1.29 is 46.7 Å². The van der Waals surface area contributed by atoms with Gasteiger partial charge in [0.1, 0.15) is 12.3 Å². The second kappa shape index (κ2) is 12.8. The summed E-state index contributed by atoms with van der Waals surface area (Å²) in [5.41, 5.74) is 4.37. The molecular formula is C37H40N3O9S+. The Morgan fingerprint density at radius 2 is 1.56 bits per heavy atom. The maximum Gasteiger partial charge on any atom is 0.333 e. The molecule has 2 aromatic carbocycles. The van der Waals surface area contributed by atoms with Gasteiger partial charge in [-0.15, -0.1) is 5.06 Å². The molecule has 3 aliphatic heterocycles. The fraction of sp³-hybridized carbons (Fsp3) is 0.378. The molecule has 0 saturated carbocycles. The smallest absolute Gasteiger partial charge is 0.333 e. The molecule has 0 bridgehead atoms. The highest BCUT2D eigenvalue weighted by Gasteiger charge is 2.47. The number of nitrogens with zero attached hydrogens (tertiary/aromatic N) is 3. The maximum absolute atomic E-state index is 13.8. The predicted octanol–water partition coefficient (Wildman–Crippen LogP) is 4.73. The number of rotatable bonds is 11. The number of Topliss-reactive ketones (excluding diaryl/α,β-unsaturated/α-hetero) is 1. The number of fused-ring (bicyclic) bond motifs is 2. The van der Waals surface area contributed by atoms with Crippen molar-refractivity contribution in [1.82, 2.24) is 5.06 Å². The Hall–Kier alpha value is -4.88. The van der Waals surface area contributed by atoms with E-state index in [-0.39, 0.29) is 54.9 Å². The molecule has 6 rings (SSSR count). The Bertz CT molecular complexity index is 2060. The summed E-state index contributed by atoms with van der Waals surface area (Å²) in [5.74, 6) is -2.70. The molecule has 0 spiro atoms. The Morgan fingerprint density at radius 3 is 2.22 bits per heavy atom. The number of hydrogen-bond donors (Lipinski definition) is 2. The Labute approximate surface area is 290 Å². The van der Waals surface area contributed by atoms with Gasteiger partial charge >= 0.3 is 5.97 Å². The third-order valence-corrected chi connectivity index (χ3v) is 10.7. The number of carbonyl (C=O) groups is 4. The van der Waals surface area contributed by atoms with Gasteiger partial charge < -0.3 is 14.8 Å². The van der Waals surface area contributed by atoms with Crippen molar-refractivity contribution in [2.24, 2.45) is 0 Å². The van der Waals surface area contributed by atoms with Crippen LogP contribution in [0.4, 0.5) is 11.4 Å². The fourth-order valence-corrected chi connectivity index (χ4v) is 7.75. The molecule has 0 atom stereocenters. The van der Waals surface area contributed by atoms with E-state index in [1.165, 1.54) is 0 Å². The number of amides is 2. The van der Waals surface area contributed by atoms with Gasteiger partial charge in [0.05, 0.1) is 28.7 Å². The number of aliphatic hydroxyl groups is 1. The van der Waals surface area contributed by atoms with Gasteiger partial charge in [-0.1, -0.05) is 50.2 Å². The lowest BCUT2D eigenvalue weighted by Crippen LogP contribution is -2.33. The van der Waals surface area contributed by atoms with Gasteiger partial charge in [0, 0.05) is 60.3 Å². The van der Waals surface area contributed by atoms with E-state index in [9.17, 15) is 37.3 Å². The van der Waals surface area contributed by atoms with E-state index in [0.29, 0.717) is 18.0 Å². The van der Waals surface area contributed by atoms with Crippen molar-refractivity contribution in [3.63, 3.8) is 0 Å². The summed E-state index contributed by atoms with van der Waals surface area (Å²) in [6.45, 7) is 8.67. The third-order valence-electron chi connectivity index (χ3n) is 9.91. The van der Waals surface area contributed by atoms with Crippen LogP contribution < -0.4 is 4.90 Å². The second-order valence-corrected chi connectivity index (χ2v) is 15.5. The average Bonchev–Trinajstić information content (AvgIpc) is 3.57. The number of anilines is 1. The molecule has 262 valence electrons. The van der Waals surface area contributed by atoms with Crippen LogP contribution in [0, 0.1) is 0 Å². The summed E-state index contributed by atoms with van der Waals surface area (Å²) in [5, 5.41) is 11.9. The number of aliphatic hydroxyl groups excluding tert-OH is 1. The first kappa shape index (κ1) is 35.0. The molecule has 2 amide bonds. The van der Waals surface area contributed by atoms with Crippen LogP contribution >= 0.6 is 0 Å². The van der Waals surface area contributed by atoms with E-state index in [1.807, 2.05) is 85.7 Å². The van der Waals surface area contributed by atoms with Crippen molar-refractivity contribution in [2.75, 3.05) is 23.7 Å². The second-order valence-electron chi connectivity index (χ2n) is 13.9. The zero-order chi connectivity index (χ0) is 36.2. The molecule has 1 fully saturated rings. The molecule has 2 aromatic rings. The normalized spacial score (nSPS) is 21.0. The van der Waals surface area contributed by atoms with Gasteiger partial charge in [0.25, 0.3) is 21.9 Å². The summed E-state index contributed by atoms with van der Waals surface area (Å²) in [6, 6.07) is 15.5. The molecule has 0 radical (unpaired) electrons. The van der Waals surface area contributed by atoms with Crippen LogP contribution in [0.2, 0.25) is 0 Å². The van der Waals surface area contributed by atoms with E-state index in [4.69, 9.17) is 4.84 Å². The topological polar surface area (TPSA) is 162 Å². The molecule has 50 heavy (non-hydrogen) atoms. The number of ketones is 1. The van der Waals surface area contributed by atoms with Crippen molar-refractivity contribution in [3.8, 4) is 0 Å². The van der Waals surface area contributed by atoms with Crippen LogP contribution in [0.1, 0.15) is 70.9 Å². The molecule has 0 aromatic heterocycles. The zero-order valence-corrected chi connectivity index (χ0v) is 29.2. The van der Waals surface area contributed by atoms with Gasteiger partial charge in [-0.05, 0) is 38.0 Å². The minimum absolute atomic E-state index is 0.0122. The summed E-state index contributed by atoms with van der Waals surface area (Å²) in [7, 11) is -4.16. The van der Waals surface area contributed by atoms with Crippen LogP contribution in [0.3, 0.4) is 0 Å². The first-order valence-corrected chi connectivity index (χ1v) is 18.2. The number of hydrogen-bond acceptors (Lipinski definition) is 9. The molecule has 0 unspecified atom stereocenters. The quantitative estimate of drug-likeness (QED) is 0.145. The Morgan fingerprint density at radius 1 is 0.920 bits per heavy atom. The minimum Gasteiger partial charge on any atom is -0.506 e. The number of carbonyl (C=O) groups excluding carboxylic acids is 4. The lowest BCUT2D eigenvalue weighted by Gasteiger charge is -2.29. The van der Waals surface area contributed by atoms with Crippen molar-refractivity contribution in [3.05, 3.63) is 94.4 Å². The zero-order valence-electron chi connectivity index (χ0n) is 28.4. The van der Waals surface area contributed by atoms with E-state index in [1.54, 1.807) is 12.2 Å². The monoisotopic (exact) mass is 702 g/mol. The summed E-state index contributed by atoms with van der Waals surface area (Å²) >= 11 is 0. The van der Waals surface area contributed by atoms with E-state index in [2.05, 4.69) is 0 Å². The summed E-state index contributed by atoms with van der Waals surface area (Å²) < 4.78 is 34.2. The number of imide groups is 1. The number of allylic oxidation sites excluding steroid dienone is 5. The summed E-state index contributed by atoms with van der Waals surface area (Å²) in [6.07, 6.45) is 3.80. The molecule has 4 aliphatic rings. The Balaban J connectivity index is 1.30. The SMILES string of the molecule is CC1(C)C(=CC2=C(O)C(=CC3=[N+](CCCC(=O)ON4C(=O)CCC4=O)c4ccccc4C3(C)C)C2=O)N(CCCS(=O)(=O)O)c2ccccc21. The van der Waals surface area contributed by atoms with Crippen molar-refractivity contribution >= 4 is 50.8 Å². The first-order valence-electron chi connectivity index (χ1n) is 16.6. The number of para-hydroxylation sites is 2. The van der Waals surface area contributed by atoms with Crippen molar-refractivity contribution in [1.29, 1.82) is 0 Å². The van der Waals surface area contributed by atoms with E-state index >= 15 is 0 Å². The molecule has 13 heteroatoms.